The molecule has 0 amide bonds. The SMILES string of the molecule is Cc1cc(C2(OC[C@H]3O[C@@H](n4cc(C)c(=O)[nH]c4=O)C[C@@H]3O)c3ccccc3Sc3ccccc32)ccc1[N+](=O)[O-]. The first-order valence-corrected chi connectivity index (χ1v) is 13.9. The van der Waals surface area contributed by atoms with Crippen molar-refractivity contribution in [2.24, 2.45) is 0 Å². The molecule has 1 fully saturated rings. The molecule has 210 valence electrons. The zero-order chi connectivity index (χ0) is 28.9. The maximum atomic E-state index is 12.5. The lowest BCUT2D eigenvalue weighted by atomic mass is 9.79. The summed E-state index contributed by atoms with van der Waals surface area (Å²) in [4.78, 5) is 39.8. The molecule has 2 aliphatic rings. The Morgan fingerprint density at radius 3 is 2.37 bits per heavy atom. The van der Waals surface area contributed by atoms with Crippen LogP contribution in [0.2, 0.25) is 0 Å². The first-order valence-electron chi connectivity index (χ1n) is 13.1. The monoisotopic (exact) mass is 573 g/mol. The second kappa shape index (κ2) is 10.4. The molecule has 2 aliphatic heterocycles. The molecule has 6 rings (SSSR count). The van der Waals surface area contributed by atoms with Crippen LogP contribution in [0, 0.1) is 24.0 Å². The van der Waals surface area contributed by atoms with Gasteiger partial charge in [0.15, 0.2) is 0 Å². The number of aliphatic hydroxyl groups is 1. The molecule has 2 N–H and O–H groups in total. The maximum Gasteiger partial charge on any atom is 0.330 e. The van der Waals surface area contributed by atoms with Gasteiger partial charge in [-0.1, -0.05) is 48.2 Å². The van der Waals surface area contributed by atoms with E-state index >= 15 is 0 Å². The summed E-state index contributed by atoms with van der Waals surface area (Å²) in [5.41, 5.74) is 1.04. The van der Waals surface area contributed by atoms with Gasteiger partial charge in [0, 0.05) is 50.7 Å². The van der Waals surface area contributed by atoms with E-state index in [9.17, 15) is 24.8 Å². The molecule has 0 radical (unpaired) electrons. The van der Waals surface area contributed by atoms with Gasteiger partial charge in [-0.3, -0.25) is 24.5 Å². The minimum absolute atomic E-state index is 0.00897. The zero-order valence-corrected chi connectivity index (χ0v) is 23.1. The second-order valence-electron chi connectivity index (χ2n) is 10.3. The Bertz CT molecular complexity index is 1740. The Labute approximate surface area is 238 Å². The Balaban J connectivity index is 1.43. The number of aliphatic hydroxyl groups excluding tert-OH is 1. The van der Waals surface area contributed by atoms with Crippen molar-refractivity contribution in [1.82, 2.24) is 9.55 Å². The predicted molar refractivity (Wildman–Crippen MR) is 151 cm³/mol. The molecule has 10 nitrogen and oxygen atoms in total. The number of hydrogen-bond acceptors (Lipinski definition) is 8. The molecule has 0 saturated carbocycles. The number of nitro benzene ring substituents is 1. The predicted octanol–water partition coefficient (Wildman–Crippen LogP) is 4.18. The number of aromatic amines is 1. The van der Waals surface area contributed by atoms with E-state index in [4.69, 9.17) is 9.47 Å². The molecule has 0 unspecified atom stereocenters. The summed E-state index contributed by atoms with van der Waals surface area (Å²) in [7, 11) is 0. The Kier molecular flexibility index (Phi) is 6.90. The summed E-state index contributed by atoms with van der Waals surface area (Å²) in [6.07, 6.45) is -0.970. The fourth-order valence-corrected chi connectivity index (χ4v) is 6.80. The smallest absolute Gasteiger partial charge is 0.330 e. The van der Waals surface area contributed by atoms with Crippen LogP contribution in [0.15, 0.2) is 92.3 Å². The number of fused-ring (bicyclic) bond motifs is 2. The van der Waals surface area contributed by atoms with E-state index in [2.05, 4.69) is 4.98 Å². The molecule has 0 aliphatic carbocycles. The number of aromatic nitrogens is 2. The summed E-state index contributed by atoms with van der Waals surface area (Å²) in [5, 5.41) is 22.6. The van der Waals surface area contributed by atoms with Gasteiger partial charge in [0.25, 0.3) is 11.2 Å². The van der Waals surface area contributed by atoms with Gasteiger partial charge in [-0.2, -0.15) is 0 Å². The number of nitrogens with zero attached hydrogens (tertiary/aromatic N) is 2. The van der Waals surface area contributed by atoms with Crippen LogP contribution in [0.4, 0.5) is 5.69 Å². The highest BCUT2D eigenvalue weighted by atomic mass is 32.2. The summed E-state index contributed by atoms with van der Waals surface area (Å²) in [6.45, 7) is 3.24. The van der Waals surface area contributed by atoms with Crippen molar-refractivity contribution in [3.05, 3.63) is 132 Å². The third kappa shape index (κ3) is 4.60. The molecule has 11 heteroatoms. The highest BCUT2D eigenvalue weighted by Crippen LogP contribution is 2.53. The summed E-state index contributed by atoms with van der Waals surface area (Å²) >= 11 is 1.62. The molecule has 3 heterocycles. The fraction of sp³-hybridized carbons (Fsp3) is 0.267. The number of benzene rings is 3. The van der Waals surface area contributed by atoms with Gasteiger partial charge in [-0.15, -0.1) is 0 Å². The standard InChI is InChI=1S/C30H27N3O7S/c1-17-13-19(11-12-22(17)33(37)38)30(20-7-3-5-9-25(20)41-26-10-6-4-8-21(26)30)39-16-24-23(34)14-27(40-24)32-15-18(2)28(35)31-29(32)36/h3-13,15,23-24,27,34H,14,16H2,1-2H3,(H,31,35,36)/t23-,24+,27+/m0/s1. The van der Waals surface area contributed by atoms with E-state index in [-0.39, 0.29) is 18.7 Å². The summed E-state index contributed by atoms with van der Waals surface area (Å²) in [6, 6.07) is 20.7. The van der Waals surface area contributed by atoms with Crippen LogP contribution in [-0.4, -0.2) is 38.4 Å². The van der Waals surface area contributed by atoms with Gasteiger partial charge in [0.2, 0.25) is 0 Å². The number of nitro groups is 1. The summed E-state index contributed by atoms with van der Waals surface area (Å²) < 4.78 is 14.3. The minimum Gasteiger partial charge on any atom is -0.390 e. The third-order valence-electron chi connectivity index (χ3n) is 7.68. The Morgan fingerprint density at radius 1 is 1.07 bits per heavy atom. The van der Waals surface area contributed by atoms with E-state index < -0.39 is 40.2 Å². The van der Waals surface area contributed by atoms with Crippen LogP contribution in [0.1, 0.15) is 40.5 Å². The van der Waals surface area contributed by atoms with E-state index in [0.29, 0.717) is 16.7 Å². The molecule has 0 bridgehead atoms. The first kappa shape index (κ1) is 27.2. The van der Waals surface area contributed by atoms with Crippen molar-refractivity contribution in [3.8, 4) is 0 Å². The summed E-state index contributed by atoms with van der Waals surface area (Å²) in [5.74, 6) is 0. The average Bonchev–Trinajstić information content (AvgIpc) is 3.32. The van der Waals surface area contributed by atoms with Crippen molar-refractivity contribution in [1.29, 1.82) is 0 Å². The Morgan fingerprint density at radius 2 is 1.73 bits per heavy atom. The van der Waals surface area contributed by atoms with Crippen molar-refractivity contribution in [3.63, 3.8) is 0 Å². The van der Waals surface area contributed by atoms with Crippen LogP contribution in [0.5, 0.6) is 0 Å². The molecule has 0 spiro atoms. The molecule has 3 aromatic carbocycles. The number of rotatable bonds is 6. The van der Waals surface area contributed by atoms with E-state index in [0.717, 1.165) is 20.9 Å². The molecule has 1 saturated heterocycles. The van der Waals surface area contributed by atoms with Gasteiger partial charge < -0.3 is 14.6 Å². The highest BCUT2D eigenvalue weighted by Gasteiger charge is 2.46. The van der Waals surface area contributed by atoms with Gasteiger partial charge in [0.1, 0.15) is 17.9 Å². The van der Waals surface area contributed by atoms with Crippen LogP contribution < -0.4 is 11.2 Å². The van der Waals surface area contributed by atoms with Crippen LogP contribution >= 0.6 is 11.8 Å². The number of ether oxygens (including phenoxy) is 2. The molecule has 3 atom stereocenters. The zero-order valence-electron chi connectivity index (χ0n) is 22.3. The van der Waals surface area contributed by atoms with E-state index in [1.165, 1.54) is 16.8 Å². The van der Waals surface area contributed by atoms with Gasteiger partial charge in [-0.25, -0.2) is 4.79 Å². The lowest BCUT2D eigenvalue weighted by molar-refractivity contribution is -0.385. The van der Waals surface area contributed by atoms with Crippen molar-refractivity contribution >= 4 is 17.4 Å². The quantitative estimate of drug-likeness (QED) is 0.259. The van der Waals surface area contributed by atoms with E-state index in [1.807, 2.05) is 48.5 Å². The lowest BCUT2D eigenvalue weighted by Crippen LogP contribution is -2.40. The van der Waals surface area contributed by atoms with E-state index in [1.54, 1.807) is 37.7 Å². The van der Waals surface area contributed by atoms with Crippen molar-refractivity contribution in [2.75, 3.05) is 6.61 Å². The van der Waals surface area contributed by atoms with Gasteiger partial charge in [-0.05, 0) is 43.7 Å². The molecule has 1 aromatic heterocycles. The Hall–Kier alpha value is -4.03. The van der Waals surface area contributed by atoms with Gasteiger partial charge in [0.05, 0.1) is 17.6 Å². The molecule has 4 aromatic rings. The first-order chi connectivity index (χ1) is 19.7. The normalized spacial score (nSPS) is 20.8. The van der Waals surface area contributed by atoms with Crippen LogP contribution in [0.3, 0.4) is 0 Å². The fourth-order valence-electron chi connectivity index (χ4n) is 5.63. The number of H-pyrrole nitrogens is 1. The number of aryl methyl sites for hydroxylation is 2. The minimum atomic E-state index is -1.16. The van der Waals surface area contributed by atoms with Crippen LogP contribution in [-0.2, 0) is 15.1 Å². The van der Waals surface area contributed by atoms with Crippen molar-refractivity contribution < 1.29 is 19.5 Å². The number of nitrogens with one attached hydrogen (secondary N) is 1. The lowest BCUT2D eigenvalue weighted by Gasteiger charge is -2.41. The second-order valence-corrected chi connectivity index (χ2v) is 11.3. The third-order valence-corrected chi connectivity index (χ3v) is 8.83. The average molecular weight is 574 g/mol. The maximum absolute atomic E-state index is 12.5. The van der Waals surface area contributed by atoms with Crippen molar-refractivity contribution in [2.45, 2.75) is 54.1 Å². The largest absolute Gasteiger partial charge is 0.390 e. The molecular formula is C30H27N3O7S. The highest BCUT2D eigenvalue weighted by molar-refractivity contribution is 7.99. The molecule has 41 heavy (non-hydrogen) atoms. The van der Waals surface area contributed by atoms with Crippen LogP contribution in [0.25, 0.3) is 0 Å². The topological polar surface area (TPSA) is 137 Å². The van der Waals surface area contributed by atoms with Gasteiger partial charge >= 0.3 is 5.69 Å². The number of hydrogen-bond donors (Lipinski definition) is 2. The molecular weight excluding hydrogens is 546 g/mol.